The zero-order valence-corrected chi connectivity index (χ0v) is 11.8. The first-order chi connectivity index (χ1) is 8.11. The number of hydrogen-bond acceptors (Lipinski definition) is 4. The Bertz CT molecular complexity index is 368. The van der Waals surface area contributed by atoms with E-state index in [9.17, 15) is 9.59 Å². The van der Waals surface area contributed by atoms with Crippen LogP contribution in [0.25, 0.3) is 0 Å². The molecule has 0 aliphatic rings. The second kappa shape index (κ2) is 8.91. The van der Waals surface area contributed by atoms with Crippen LogP contribution in [0.1, 0.15) is 23.0 Å². The van der Waals surface area contributed by atoms with Crippen molar-refractivity contribution in [3.8, 4) is 0 Å². The number of nitrogens with two attached hydrogens (primary N) is 1. The average Bonchev–Trinajstić information content (AvgIpc) is 2.81. The molecule has 1 rings (SSSR count). The second-order valence-electron chi connectivity index (χ2n) is 3.67. The van der Waals surface area contributed by atoms with E-state index in [-0.39, 0.29) is 24.2 Å². The first-order valence-corrected chi connectivity index (χ1v) is 6.34. The fraction of sp³-hybridized carbons (Fsp3) is 0.455. The minimum absolute atomic E-state index is 0. The highest BCUT2D eigenvalue weighted by molar-refractivity contribution is 7.12. The summed E-state index contributed by atoms with van der Waals surface area (Å²) in [5.74, 6) is -0.242. The van der Waals surface area contributed by atoms with Gasteiger partial charge in [0.15, 0.2) is 0 Å². The summed E-state index contributed by atoms with van der Waals surface area (Å²) >= 11 is 1.41. The molecule has 5 nitrogen and oxygen atoms in total. The molecule has 0 aliphatic carbocycles. The van der Waals surface area contributed by atoms with Crippen LogP contribution in [0.2, 0.25) is 0 Å². The van der Waals surface area contributed by atoms with Crippen LogP contribution in [-0.4, -0.2) is 30.9 Å². The number of halogens is 1. The maximum Gasteiger partial charge on any atom is 0.261 e. The average molecular weight is 292 g/mol. The summed E-state index contributed by atoms with van der Waals surface area (Å²) in [6.07, 6.45) is 0.690. The minimum atomic E-state index is -0.490. The van der Waals surface area contributed by atoms with Crippen molar-refractivity contribution in [3.05, 3.63) is 22.4 Å². The Labute approximate surface area is 117 Å². The van der Waals surface area contributed by atoms with E-state index in [1.165, 1.54) is 11.3 Å². The number of amides is 2. The first-order valence-electron chi connectivity index (χ1n) is 5.46. The molecular formula is C11H18ClN3O2S. The quantitative estimate of drug-likeness (QED) is 0.676. The monoisotopic (exact) mass is 291 g/mol. The summed E-state index contributed by atoms with van der Waals surface area (Å²) in [5.41, 5.74) is 5.38. The molecule has 0 aliphatic heterocycles. The topological polar surface area (TPSA) is 84.2 Å². The molecule has 0 fully saturated rings. The molecule has 1 heterocycles. The predicted molar refractivity (Wildman–Crippen MR) is 75.2 cm³/mol. The number of hydrogen-bond donors (Lipinski definition) is 3. The van der Waals surface area contributed by atoms with E-state index in [4.69, 9.17) is 5.73 Å². The van der Waals surface area contributed by atoms with Gasteiger partial charge in [0.05, 0.1) is 10.9 Å². The number of nitrogens with one attached hydrogen (secondary N) is 2. The number of thiophene rings is 1. The van der Waals surface area contributed by atoms with Crippen LogP contribution in [0.4, 0.5) is 0 Å². The molecule has 102 valence electrons. The molecule has 1 atom stereocenters. The van der Waals surface area contributed by atoms with Gasteiger partial charge in [0.25, 0.3) is 5.91 Å². The van der Waals surface area contributed by atoms with E-state index in [0.29, 0.717) is 24.4 Å². The molecule has 7 heteroatoms. The van der Waals surface area contributed by atoms with Crippen LogP contribution < -0.4 is 16.4 Å². The second-order valence-corrected chi connectivity index (χ2v) is 4.61. The summed E-state index contributed by atoms with van der Waals surface area (Å²) in [4.78, 5) is 23.3. The van der Waals surface area contributed by atoms with Gasteiger partial charge in [-0.05, 0) is 24.8 Å². The van der Waals surface area contributed by atoms with Gasteiger partial charge in [0.1, 0.15) is 0 Å². The fourth-order valence-corrected chi connectivity index (χ4v) is 1.80. The van der Waals surface area contributed by atoms with Crippen LogP contribution in [0.15, 0.2) is 17.5 Å². The van der Waals surface area contributed by atoms with Crippen LogP contribution in [0, 0.1) is 0 Å². The van der Waals surface area contributed by atoms with Crippen molar-refractivity contribution >= 4 is 35.6 Å². The van der Waals surface area contributed by atoms with E-state index in [1.54, 1.807) is 13.0 Å². The third-order valence-electron chi connectivity index (χ3n) is 2.10. The Hall–Kier alpha value is -1.11. The molecule has 4 N–H and O–H groups in total. The molecule has 0 radical (unpaired) electrons. The van der Waals surface area contributed by atoms with Crippen molar-refractivity contribution in [3.63, 3.8) is 0 Å². The third-order valence-corrected chi connectivity index (χ3v) is 2.97. The lowest BCUT2D eigenvalue weighted by molar-refractivity contribution is -0.121. The Morgan fingerprint density at radius 1 is 1.39 bits per heavy atom. The Morgan fingerprint density at radius 3 is 2.61 bits per heavy atom. The van der Waals surface area contributed by atoms with Crippen molar-refractivity contribution < 1.29 is 9.59 Å². The predicted octanol–water partition coefficient (Wildman–Crippen LogP) is 0.753. The Balaban J connectivity index is 0.00000289. The van der Waals surface area contributed by atoms with Crippen LogP contribution in [0.5, 0.6) is 0 Å². The standard InChI is InChI=1S/C11H17N3O2S.ClH/c1-8(12)10(15)13-5-3-6-14-11(16)9-4-2-7-17-9;/h2,4,7-8H,3,5-6,12H2,1H3,(H,13,15)(H,14,16);1H/t8-;/m0./s1. The van der Waals surface area contributed by atoms with Crippen molar-refractivity contribution in [2.24, 2.45) is 5.73 Å². The van der Waals surface area contributed by atoms with Crippen molar-refractivity contribution in [2.45, 2.75) is 19.4 Å². The van der Waals surface area contributed by atoms with Gasteiger partial charge in [0, 0.05) is 13.1 Å². The van der Waals surface area contributed by atoms with E-state index >= 15 is 0 Å². The molecular weight excluding hydrogens is 274 g/mol. The normalized spacial score (nSPS) is 11.2. The summed E-state index contributed by atoms with van der Waals surface area (Å²) in [7, 11) is 0. The summed E-state index contributed by atoms with van der Waals surface area (Å²) in [5, 5.41) is 7.31. The molecule has 0 spiro atoms. The number of carbonyl (C=O) groups is 2. The first kappa shape index (κ1) is 16.9. The van der Waals surface area contributed by atoms with Gasteiger partial charge in [0.2, 0.25) is 5.91 Å². The fourth-order valence-electron chi connectivity index (χ4n) is 1.16. The lowest BCUT2D eigenvalue weighted by Crippen LogP contribution is -2.39. The smallest absolute Gasteiger partial charge is 0.261 e. The molecule has 1 aromatic rings. The summed E-state index contributed by atoms with van der Waals surface area (Å²) in [6, 6.07) is 3.12. The molecule has 2 amide bonds. The van der Waals surface area contributed by atoms with Crippen LogP contribution in [-0.2, 0) is 4.79 Å². The molecule has 1 aromatic heterocycles. The molecule has 0 bridgehead atoms. The maximum absolute atomic E-state index is 11.5. The van der Waals surface area contributed by atoms with Crippen LogP contribution in [0.3, 0.4) is 0 Å². The molecule has 18 heavy (non-hydrogen) atoms. The Morgan fingerprint density at radius 2 is 2.06 bits per heavy atom. The maximum atomic E-state index is 11.5. The number of carbonyl (C=O) groups excluding carboxylic acids is 2. The zero-order chi connectivity index (χ0) is 12.7. The van der Waals surface area contributed by atoms with Crippen LogP contribution >= 0.6 is 23.7 Å². The highest BCUT2D eigenvalue weighted by Crippen LogP contribution is 2.07. The van der Waals surface area contributed by atoms with Gasteiger partial charge in [-0.25, -0.2) is 0 Å². The van der Waals surface area contributed by atoms with Gasteiger partial charge in [-0.3, -0.25) is 9.59 Å². The van der Waals surface area contributed by atoms with E-state index in [1.807, 2.05) is 11.4 Å². The van der Waals surface area contributed by atoms with Gasteiger partial charge < -0.3 is 16.4 Å². The van der Waals surface area contributed by atoms with Gasteiger partial charge >= 0.3 is 0 Å². The van der Waals surface area contributed by atoms with Gasteiger partial charge in [-0.15, -0.1) is 23.7 Å². The Kier molecular flexibility index (Phi) is 8.36. The summed E-state index contributed by atoms with van der Waals surface area (Å²) in [6.45, 7) is 2.69. The van der Waals surface area contributed by atoms with E-state index in [0.717, 1.165) is 0 Å². The third kappa shape index (κ3) is 6.00. The van der Waals surface area contributed by atoms with E-state index in [2.05, 4.69) is 10.6 Å². The largest absolute Gasteiger partial charge is 0.355 e. The SMILES string of the molecule is C[C@H](N)C(=O)NCCCNC(=O)c1cccs1.Cl. The number of rotatable bonds is 6. The molecule has 0 aromatic carbocycles. The van der Waals surface area contributed by atoms with Gasteiger partial charge in [-0.2, -0.15) is 0 Å². The highest BCUT2D eigenvalue weighted by atomic mass is 35.5. The minimum Gasteiger partial charge on any atom is -0.355 e. The summed E-state index contributed by atoms with van der Waals surface area (Å²) < 4.78 is 0. The lowest BCUT2D eigenvalue weighted by atomic mass is 10.3. The lowest BCUT2D eigenvalue weighted by Gasteiger charge is -2.07. The van der Waals surface area contributed by atoms with Gasteiger partial charge in [-0.1, -0.05) is 6.07 Å². The highest BCUT2D eigenvalue weighted by Gasteiger charge is 2.06. The zero-order valence-electron chi connectivity index (χ0n) is 10.1. The van der Waals surface area contributed by atoms with Crippen molar-refractivity contribution in [1.82, 2.24) is 10.6 Å². The molecule has 0 saturated heterocycles. The molecule has 0 saturated carbocycles. The van der Waals surface area contributed by atoms with E-state index < -0.39 is 6.04 Å². The molecule has 0 unspecified atom stereocenters. The van der Waals surface area contributed by atoms with Crippen molar-refractivity contribution in [2.75, 3.05) is 13.1 Å². The van der Waals surface area contributed by atoms with Crippen molar-refractivity contribution in [1.29, 1.82) is 0 Å².